The van der Waals surface area contributed by atoms with Crippen LogP contribution in [0.1, 0.15) is 16.7 Å². The summed E-state index contributed by atoms with van der Waals surface area (Å²) in [6, 6.07) is 12.4. The first-order valence-electron chi connectivity index (χ1n) is 6.27. The Labute approximate surface area is 118 Å². The first kappa shape index (κ1) is 13.8. The van der Waals surface area contributed by atoms with Crippen LogP contribution in [-0.2, 0) is 6.54 Å². The molecule has 0 amide bonds. The molecule has 0 radical (unpaired) electrons. The van der Waals surface area contributed by atoms with Crippen molar-refractivity contribution in [2.24, 2.45) is 0 Å². The largest absolute Gasteiger partial charge is 0.507 e. The first-order chi connectivity index (χ1) is 9.10. The van der Waals surface area contributed by atoms with Crippen LogP contribution in [0.3, 0.4) is 0 Å². The third-order valence-corrected chi connectivity index (χ3v) is 3.88. The van der Waals surface area contributed by atoms with Gasteiger partial charge in [0.25, 0.3) is 0 Å². The van der Waals surface area contributed by atoms with Gasteiger partial charge in [0.2, 0.25) is 0 Å². The average molecular weight is 273 g/mol. The summed E-state index contributed by atoms with van der Waals surface area (Å²) in [5, 5.41) is 13.1. The monoisotopic (exact) mass is 273 g/mol. The van der Waals surface area contributed by atoms with E-state index in [1.165, 1.54) is 10.5 Å². The van der Waals surface area contributed by atoms with Gasteiger partial charge in [0, 0.05) is 17.1 Å². The fourth-order valence-electron chi connectivity index (χ4n) is 2.06. The Morgan fingerprint density at radius 3 is 2.16 bits per heavy atom. The number of nitrogens with one attached hydrogen (secondary N) is 1. The first-order valence-corrected chi connectivity index (χ1v) is 7.49. The molecule has 0 aliphatic carbocycles. The van der Waals surface area contributed by atoms with E-state index in [1.54, 1.807) is 11.8 Å². The Kier molecular flexibility index (Phi) is 4.38. The number of hydrogen-bond acceptors (Lipinski definition) is 3. The molecule has 0 aromatic heterocycles. The van der Waals surface area contributed by atoms with E-state index in [1.807, 2.05) is 26.0 Å². The fraction of sp³-hybridized carbons (Fsp3) is 0.250. The molecule has 2 aromatic rings. The third kappa shape index (κ3) is 3.44. The summed E-state index contributed by atoms with van der Waals surface area (Å²) in [5.74, 6) is 0.396. The summed E-state index contributed by atoms with van der Waals surface area (Å²) < 4.78 is 0. The highest BCUT2D eigenvalue weighted by atomic mass is 32.2. The van der Waals surface area contributed by atoms with Gasteiger partial charge in [-0.05, 0) is 61.1 Å². The van der Waals surface area contributed by atoms with Crippen LogP contribution in [0.25, 0.3) is 0 Å². The second-order valence-corrected chi connectivity index (χ2v) is 5.54. The molecular formula is C16H19NOS. The van der Waals surface area contributed by atoms with Gasteiger partial charge in [0.05, 0.1) is 0 Å². The Morgan fingerprint density at radius 2 is 1.63 bits per heavy atom. The lowest BCUT2D eigenvalue weighted by Crippen LogP contribution is -2.00. The molecule has 0 bridgehead atoms. The van der Waals surface area contributed by atoms with E-state index >= 15 is 0 Å². The number of aryl methyl sites for hydroxylation is 2. The predicted octanol–water partition coefficient (Wildman–Crippen LogP) is 4.34. The predicted molar refractivity (Wildman–Crippen MR) is 83.1 cm³/mol. The zero-order valence-electron chi connectivity index (χ0n) is 11.5. The molecule has 0 saturated carbocycles. The van der Waals surface area contributed by atoms with Crippen molar-refractivity contribution in [2.45, 2.75) is 25.3 Å². The lowest BCUT2D eigenvalue weighted by molar-refractivity contribution is 0.466. The molecule has 2 rings (SSSR count). The van der Waals surface area contributed by atoms with Gasteiger partial charge in [-0.2, -0.15) is 0 Å². The van der Waals surface area contributed by atoms with Crippen LogP contribution in [0.15, 0.2) is 41.3 Å². The topological polar surface area (TPSA) is 32.3 Å². The van der Waals surface area contributed by atoms with E-state index < -0.39 is 0 Å². The molecule has 0 fully saturated rings. The standard InChI is InChI=1S/C16H19NOS/c1-11-8-13(9-12(2)16(11)18)10-17-14-4-6-15(19-3)7-5-14/h4-9,17-18H,10H2,1-3H3. The molecule has 19 heavy (non-hydrogen) atoms. The highest BCUT2D eigenvalue weighted by molar-refractivity contribution is 7.98. The van der Waals surface area contributed by atoms with E-state index in [4.69, 9.17) is 0 Å². The number of hydrogen-bond donors (Lipinski definition) is 2. The molecular weight excluding hydrogens is 254 g/mol. The molecule has 0 spiro atoms. The normalized spacial score (nSPS) is 10.5. The molecule has 0 aliphatic heterocycles. The molecule has 3 heteroatoms. The highest BCUT2D eigenvalue weighted by Crippen LogP contribution is 2.23. The highest BCUT2D eigenvalue weighted by Gasteiger charge is 2.03. The van der Waals surface area contributed by atoms with Crippen LogP contribution < -0.4 is 5.32 Å². The lowest BCUT2D eigenvalue weighted by Gasteiger charge is -2.10. The zero-order valence-corrected chi connectivity index (χ0v) is 12.3. The van der Waals surface area contributed by atoms with Gasteiger partial charge in [-0.15, -0.1) is 11.8 Å². The summed E-state index contributed by atoms with van der Waals surface area (Å²) in [5.41, 5.74) is 4.15. The van der Waals surface area contributed by atoms with Crippen molar-refractivity contribution in [1.82, 2.24) is 0 Å². The Hall–Kier alpha value is -1.61. The number of aromatic hydroxyl groups is 1. The Balaban J connectivity index is 2.05. The van der Waals surface area contributed by atoms with Crippen molar-refractivity contribution in [1.29, 1.82) is 0 Å². The summed E-state index contributed by atoms with van der Waals surface area (Å²) in [6.07, 6.45) is 2.07. The van der Waals surface area contributed by atoms with Crippen molar-refractivity contribution in [3.8, 4) is 5.75 Å². The second kappa shape index (κ2) is 6.02. The van der Waals surface area contributed by atoms with E-state index in [9.17, 15) is 5.11 Å². The van der Waals surface area contributed by atoms with Crippen molar-refractivity contribution >= 4 is 17.4 Å². The number of thioether (sulfide) groups is 1. The second-order valence-electron chi connectivity index (χ2n) is 4.66. The van der Waals surface area contributed by atoms with Crippen molar-refractivity contribution in [3.63, 3.8) is 0 Å². The van der Waals surface area contributed by atoms with Gasteiger partial charge in [-0.25, -0.2) is 0 Å². The number of benzene rings is 2. The van der Waals surface area contributed by atoms with E-state index in [0.717, 1.165) is 23.4 Å². The Morgan fingerprint density at radius 1 is 1.05 bits per heavy atom. The average Bonchev–Trinajstić information content (AvgIpc) is 2.43. The minimum Gasteiger partial charge on any atom is -0.507 e. The van der Waals surface area contributed by atoms with Crippen molar-refractivity contribution < 1.29 is 5.11 Å². The van der Waals surface area contributed by atoms with Crippen molar-refractivity contribution in [3.05, 3.63) is 53.1 Å². The summed E-state index contributed by atoms with van der Waals surface area (Å²) in [6.45, 7) is 4.62. The third-order valence-electron chi connectivity index (χ3n) is 3.14. The van der Waals surface area contributed by atoms with E-state index in [2.05, 4.69) is 35.8 Å². The Bertz CT molecular complexity index is 540. The SMILES string of the molecule is CSc1ccc(NCc2cc(C)c(O)c(C)c2)cc1. The number of rotatable bonds is 4. The molecule has 0 unspecified atom stereocenters. The van der Waals surface area contributed by atoms with E-state index in [-0.39, 0.29) is 0 Å². The maximum Gasteiger partial charge on any atom is 0.121 e. The fourth-order valence-corrected chi connectivity index (χ4v) is 2.47. The number of anilines is 1. The molecule has 0 heterocycles. The van der Waals surface area contributed by atoms with Gasteiger partial charge in [-0.1, -0.05) is 12.1 Å². The maximum atomic E-state index is 9.75. The van der Waals surface area contributed by atoms with Crippen molar-refractivity contribution in [2.75, 3.05) is 11.6 Å². The van der Waals surface area contributed by atoms with Gasteiger partial charge in [0.1, 0.15) is 5.75 Å². The van der Waals surface area contributed by atoms with Crippen LogP contribution in [0, 0.1) is 13.8 Å². The zero-order chi connectivity index (χ0) is 13.8. The lowest BCUT2D eigenvalue weighted by atomic mass is 10.1. The van der Waals surface area contributed by atoms with Gasteiger partial charge in [-0.3, -0.25) is 0 Å². The molecule has 0 saturated heterocycles. The molecule has 2 N–H and O–H groups in total. The smallest absolute Gasteiger partial charge is 0.121 e. The van der Waals surface area contributed by atoms with Crippen LogP contribution in [0.5, 0.6) is 5.75 Å². The van der Waals surface area contributed by atoms with Crippen LogP contribution in [0.2, 0.25) is 0 Å². The summed E-state index contributed by atoms with van der Waals surface area (Å²) in [7, 11) is 0. The van der Waals surface area contributed by atoms with E-state index in [0.29, 0.717) is 5.75 Å². The molecule has 0 atom stereocenters. The van der Waals surface area contributed by atoms with Gasteiger partial charge >= 0.3 is 0 Å². The van der Waals surface area contributed by atoms with Gasteiger partial charge in [0.15, 0.2) is 0 Å². The van der Waals surface area contributed by atoms with Crippen LogP contribution in [0.4, 0.5) is 5.69 Å². The van der Waals surface area contributed by atoms with Crippen LogP contribution in [-0.4, -0.2) is 11.4 Å². The maximum absolute atomic E-state index is 9.75. The molecule has 0 aliphatic rings. The van der Waals surface area contributed by atoms with Crippen LogP contribution >= 0.6 is 11.8 Å². The minimum absolute atomic E-state index is 0.396. The minimum atomic E-state index is 0.396. The summed E-state index contributed by atoms with van der Waals surface area (Å²) in [4.78, 5) is 1.27. The quantitative estimate of drug-likeness (QED) is 0.813. The molecule has 2 nitrogen and oxygen atoms in total. The number of phenolic OH excluding ortho intramolecular Hbond substituents is 1. The number of phenols is 1. The molecule has 2 aromatic carbocycles. The molecule has 100 valence electrons. The summed E-state index contributed by atoms with van der Waals surface area (Å²) >= 11 is 1.74. The van der Waals surface area contributed by atoms with Gasteiger partial charge < -0.3 is 10.4 Å².